The van der Waals surface area contributed by atoms with E-state index in [2.05, 4.69) is 27.0 Å². The molecule has 4 heteroatoms. The number of hydrogen-bond donors (Lipinski definition) is 1. The van der Waals surface area contributed by atoms with Gasteiger partial charge in [0.2, 0.25) is 0 Å². The van der Waals surface area contributed by atoms with E-state index in [0.29, 0.717) is 6.04 Å². The van der Waals surface area contributed by atoms with Crippen LogP contribution in [0.5, 0.6) is 0 Å². The predicted octanol–water partition coefficient (Wildman–Crippen LogP) is 0.895. The second-order valence-corrected chi connectivity index (χ2v) is 3.67. The van der Waals surface area contributed by atoms with E-state index in [1.807, 2.05) is 7.05 Å². The van der Waals surface area contributed by atoms with E-state index in [-0.39, 0.29) is 0 Å². The van der Waals surface area contributed by atoms with Crippen LogP contribution in [0.15, 0.2) is 0 Å². The summed E-state index contributed by atoms with van der Waals surface area (Å²) < 4.78 is 2.28. The fraction of sp³-hybridized carbons (Fsp3) is 0.778. The molecule has 0 aliphatic carbocycles. The number of aryl methyl sites for hydroxylation is 1. The van der Waals surface area contributed by atoms with Crippen molar-refractivity contribution in [1.29, 1.82) is 0 Å². The van der Waals surface area contributed by atoms with E-state index >= 15 is 0 Å². The van der Waals surface area contributed by atoms with Gasteiger partial charge in [0.05, 0.1) is 6.54 Å². The minimum absolute atomic E-state index is 0.571. The lowest BCUT2D eigenvalue weighted by Gasteiger charge is -2.22. The fourth-order valence-electron chi connectivity index (χ4n) is 2.00. The summed E-state index contributed by atoms with van der Waals surface area (Å²) in [5.41, 5.74) is 0. The second-order valence-electron chi connectivity index (χ2n) is 3.67. The maximum atomic E-state index is 4.20. The van der Waals surface area contributed by atoms with E-state index < -0.39 is 0 Å². The molecule has 0 saturated carbocycles. The first-order valence-corrected chi connectivity index (χ1v) is 4.90. The highest BCUT2D eigenvalue weighted by molar-refractivity contribution is 5.01. The van der Waals surface area contributed by atoms with Crippen LogP contribution < -0.4 is 5.32 Å². The lowest BCUT2D eigenvalue weighted by Crippen LogP contribution is -2.20. The molecular formula is C9H16N4. The van der Waals surface area contributed by atoms with E-state index in [0.717, 1.165) is 24.6 Å². The first kappa shape index (κ1) is 8.69. The third-order valence-electron chi connectivity index (χ3n) is 2.63. The first-order chi connectivity index (χ1) is 6.33. The summed E-state index contributed by atoms with van der Waals surface area (Å²) in [4.78, 5) is 0. The van der Waals surface area contributed by atoms with Gasteiger partial charge in [-0.05, 0) is 26.8 Å². The molecule has 0 aromatic carbocycles. The third-order valence-corrected chi connectivity index (χ3v) is 2.63. The normalized spacial score (nSPS) is 21.5. The van der Waals surface area contributed by atoms with Gasteiger partial charge in [0.1, 0.15) is 11.6 Å². The van der Waals surface area contributed by atoms with Gasteiger partial charge in [-0.3, -0.25) is 0 Å². The van der Waals surface area contributed by atoms with Crippen LogP contribution in [0.2, 0.25) is 0 Å². The van der Waals surface area contributed by atoms with Crippen LogP contribution in [0.1, 0.15) is 37.5 Å². The van der Waals surface area contributed by atoms with Gasteiger partial charge in [0, 0.05) is 12.5 Å². The van der Waals surface area contributed by atoms with Crippen molar-refractivity contribution in [2.45, 2.75) is 38.8 Å². The van der Waals surface area contributed by atoms with Crippen LogP contribution in [0.4, 0.5) is 0 Å². The van der Waals surface area contributed by atoms with Gasteiger partial charge in [0.25, 0.3) is 0 Å². The summed E-state index contributed by atoms with van der Waals surface area (Å²) in [7, 11) is 1.94. The summed E-state index contributed by atoms with van der Waals surface area (Å²) in [5.74, 6) is 2.23. The topological polar surface area (TPSA) is 42.7 Å². The molecule has 72 valence electrons. The lowest BCUT2D eigenvalue weighted by atomic mass is 10.1. The molecule has 1 aliphatic heterocycles. The van der Waals surface area contributed by atoms with Crippen LogP contribution in [0, 0.1) is 0 Å². The Balaban J connectivity index is 2.32. The Hall–Kier alpha value is -0.900. The fourth-order valence-corrected chi connectivity index (χ4v) is 2.00. The number of hydrogen-bond acceptors (Lipinski definition) is 3. The molecule has 1 aromatic heterocycles. The smallest absolute Gasteiger partial charge is 0.147 e. The van der Waals surface area contributed by atoms with Gasteiger partial charge in [-0.2, -0.15) is 0 Å². The number of aromatic nitrogens is 3. The highest BCUT2D eigenvalue weighted by Gasteiger charge is 2.20. The van der Waals surface area contributed by atoms with Gasteiger partial charge in [0.15, 0.2) is 0 Å². The third kappa shape index (κ3) is 1.46. The number of nitrogens with one attached hydrogen (secondary N) is 1. The van der Waals surface area contributed by atoms with Crippen molar-refractivity contribution < 1.29 is 0 Å². The van der Waals surface area contributed by atoms with Crippen LogP contribution >= 0.6 is 0 Å². The minimum atomic E-state index is 0.571. The molecule has 0 saturated heterocycles. The molecule has 4 nitrogen and oxygen atoms in total. The summed E-state index contributed by atoms with van der Waals surface area (Å²) in [6, 6.07) is 0.571. The monoisotopic (exact) mass is 180 g/mol. The van der Waals surface area contributed by atoms with Crippen molar-refractivity contribution in [3.63, 3.8) is 0 Å². The Bertz CT molecular complexity index is 292. The number of fused-ring (bicyclic) bond motifs is 1. The SMILES string of the molecule is CNCc1nnc2n1C(C)CCC2. The van der Waals surface area contributed by atoms with Gasteiger partial charge in [-0.25, -0.2) is 0 Å². The predicted molar refractivity (Wildman–Crippen MR) is 50.4 cm³/mol. The Morgan fingerprint density at radius 3 is 3.15 bits per heavy atom. The average molecular weight is 180 g/mol. The molecule has 1 atom stereocenters. The van der Waals surface area contributed by atoms with Gasteiger partial charge < -0.3 is 9.88 Å². The van der Waals surface area contributed by atoms with Gasteiger partial charge in [-0.15, -0.1) is 10.2 Å². The molecule has 0 fully saturated rings. The molecular weight excluding hydrogens is 164 g/mol. The Labute approximate surface area is 78.4 Å². The summed E-state index contributed by atoms with van der Waals surface area (Å²) in [5, 5.41) is 11.5. The van der Waals surface area contributed by atoms with Crippen molar-refractivity contribution in [3.05, 3.63) is 11.6 Å². The molecule has 1 aromatic rings. The van der Waals surface area contributed by atoms with Gasteiger partial charge >= 0.3 is 0 Å². The van der Waals surface area contributed by atoms with Gasteiger partial charge in [-0.1, -0.05) is 0 Å². The lowest BCUT2D eigenvalue weighted by molar-refractivity contribution is 0.411. The van der Waals surface area contributed by atoms with Crippen molar-refractivity contribution >= 4 is 0 Å². The Morgan fingerprint density at radius 1 is 1.54 bits per heavy atom. The van der Waals surface area contributed by atoms with Crippen LogP contribution in [0.3, 0.4) is 0 Å². The standard InChI is InChI=1S/C9H16N4/c1-7-4-3-5-8-11-12-9(6-10-2)13(7)8/h7,10H,3-6H2,1-2H3. The van der Waals surface area contributed by atoms with Crippen molar-refractivity contribution in [2.75, 3.05) is 7.05 Å². The molecule has 13 heavy (non-hydrogen) atoms. The summed E-state index contributed by atoms with van der Waals surface area (Å²) in [6.45, 7) is 3.06. The maximum absolute atomic E-state index is 4.20. The largest absolute Gasteiger partial charge is 0.313 e. The van der Waals surface area contributed by atoms with E-state index in [1.165, 1.54) is 12.8 Å². The highest BCUT2D eigenvalue weighted by atomic mass is 15.3. The zero-order valence-electron chi connectivity index (χ0n) is 8.25. The molecule has 0 spiro atoms. The molecule has 0 amide bonds. The summed E-state index contributed by atoms with van der Waals surface area (Å²) >= 11 is 0. The maximum Gasteiger partial charge on any atom is 0.147 e. The van der Waals surface area contributed by atoms with Crippen molar-refractivity contribution in [1.82, 2.24) is 20.1 Å². The molecule has 0 radical (unpaired) electrons. The number of rotatable bonds is 2. The zero-order valence-corrected chi connectivity index (χ0v) is 8.25. The molecule has 2 heterocycles. The Kier molecular flexibility index (Phi) is 2.31. The quantitative estimate of drug-likeness (QED) is 0.735. The highest BCUT2D eigenvalue weighted by Crippen LogP contribution is 2.24. The second kappa shape index (κ2) is 3.46. The molecule has 2 rings (SSSR count). The first-order valence-electron chi connectivity index (χ1n) is 4.90. The average Bonchev–Trinajstić information content (AvgIpc) is 2.51. The summed E-state index contributed by atoms with van der Waals surface area (Å²) in [6.07, 6.45) is 3.58. The van der Waals surface area contributed by atoms with E-state index in [9.17, 15) is 0 Å². The number of nitrogens with zero attached hydrogens (tertiary/aromatic N) is 3. The minimum Gasteiger partial charge on any atom is -0.313 e. The van der Waals surface area contributed by atoms with Crippen LogP contribution in [-0.2, 0) is 13.0 Å². The molecule has 0 bridgehead atoms. The molecule has 1 N–H and O–H groups in total. The van der Waals surface area contributed by atoms with Crippen molar-refractivity contribution in [2.24, 2.45) is 0 Å². The molecule has 1 aliphatic rings. The van der Waals surface area contributed by atoms with Crippen molar-refractivity contribution in [3.8, 4) is 0 Å². The van der Waals surface area contributed by atoms with E-state index in [4.69, 9.17) is 0 Å². The Morgan fingerprint density at radius 2 is 2.38 bits per heavy atom. The van der Waals surface area contributed by atoms with E-state index in [1.54, 1.807) is 0 Å². The molecule has 1 unspecified atom stereocenters. The van der Waals surface area contributed by atoms with Crippen LogP contribution in [0.25, 0.3) is 0 Å². The van der Waals surface area contributed by atoms with Crippen LogP contribution in [-0.4, -0.2) is 21.8 Å². The zero-order chi connectivity index (χ0) is 9.26.